The number of nitriles is 1. The van der Waals surface area contributed by atoms with E-state index in [2.05, 4.69) is 26.2 Å². The number of ether oxygens (including phenoxy) is 5. The molecule has 2 unspecified atom stereocenters. The number of amides is 1. The molecule has 0 aliphatic carbocycles. The number of esters is 2. The van der Waals surface area contributed by atoms with Crippen LogP contribution in [-0.4, -0.2) is 95.2 Å². The zero-order valence-electron chi connectivity index (χ0n) is 29.5. The fraction of sp³-hybridized carbons (Fsp3) is 0.432. The average molecular weight is 762 g/mol. The maximum absolute atomic E-state index is 13.9. The number of phenols is 1. The van der Waals surface area contributed by atoms with E-state index in [4.69, 9.17) is 35.3 Å². The van der Waals surface area contributed by atoms with Crippen molar-refractivity contribution in [2.75, 3.05) is 33.3 Å². The number of pyridine rings is 1. The first-order valence-electron chi connectivity index (χ1n) is 17.1. The third-order valence-electron chi connectivity index (χ3n) is 11.0. The Morgan fingerprint density at radius 2 is 1.94 bits per heavy atom. The van der Waals surface area contributed by atoms with E-state index in [1.54, 1.807) is 13.0 Å². The van der Waals surface area contributed by atoms with E-state index in [-0.39, 0.29) is 47.4 Å². The summed E-state index contributed by atoms with van der Waals surface area (Å²) in [4.78, 5) is 48.3. The number of hydrogen-bond donors (Lipinski definition) is 2. The quantitative estimate of drug-likeness (QED) is 0.221. The van der Waals surface area contributed by atoms with Gasteiger partial charge in [-0.1, -0.05) is 17.7 Å². The predicted molar refractivity (Wildman–Crippen MR) is 190 cm³/mol. The van der Waals surface area contributed by atoms with E-state index in [0.29, 0.717) is 45.9 Å². The second-order valence-corrected chi connectivity index (χ2v) is 15.3. The number of benzene rings is 2. The Bertz CT molecular complexity index is 2130. The van der Waals surface area contributed by atoms with Gasteiger partial charge in [0, 0.05) is 53.2 Å². The Hall–Kier alpha value is -4.75. The molecule has 4 bridgehead atoms. The highest BCUT2D eigenvalue weighted by atomic mass is 35.5. The molecule has 7 atom stereocenters. The van der Waals surface area contributed by atoms with Crippen molar-refractivity contribution in [2.45, 2.75) is 68.7 Å². The SMILES string of the molecule is COc1c(C)cc2c(c1O)[C@@H]1C3[C@@H]4SCC(NC(=O)c5cccnc5Cl)C(=O)OC[C@H](c5c6c(c(C)c(OC(C)=O)c54)OCO6)N3[C@@H](C#N)[C@@H](C2)N1C. The number of thioether (sulfide) groups is 1. The van der Waals surface area contributed by atoms with Gasteiger partial charge in [0.1, 0.15) is 29.6 Å². The first-order chi connectivity index (χ1) is 25.5. The molecule has 53 heavy (non-hydrogen) atoms. The molecule has 0 radical (unpaired) electrons. The molecule has 0 saturated carbocycles. The van der Waals surface area contributed by atoms with Crippen LogP contribution in [0.1, 0.15) is 68.0 Å². The van der Waals surface area contributed by atoms with Gasteiger partial charge in [0.05, 0.1) is 36.1 Å². The van der Waals surface area contributed by atoms with Crippen molar-refractivity contribution in [1.82, 2.24) is 20.1 Å². The van der Waals surface area contributed by atoms with E-state index >= 15 is 0 Å². The lowest BCUT2D eigenvalue weighted by Gasteiger charge is -2.61. The second kappa shape index (κ2) is 13.3. The lowest BCUT2D eigenvalue weighted by Crippen LogP contribution is -2.69. The Kier molecular flexibility index (Phi) is 8.84. The zero-order chi connectivity index (χ0) is 37.5. The number of carbonyl (C=O) groups is 3. The molecule has 6 aliphatic rings. The minimum atomic E-state index is -1.12. The predicted octanol–water partition coefficient (Wildman–Crippen LogP) is 4.08. The van der Waals surface area contributed by atoms with Crippen molar-refractivity contribution in [1.29, 1.82) is 5.26 Å². The molecule has 3 aromatic rings. The maximum Gasteiger partial charge on any atom is 0.329 e. The van der Waals surface area contributed by atoms with E-state index < -0.39 is 53.3 Å². The molecule has 2 fully saturated rings. The Morgan fingerprint density at radius 3 is 2.66 bits per heavy atom. The van der Waals surface area contributed by atoms with Crippen LogP contribution >= 0.6 is 23.4 Å². The number of aromatic hydroxyl groups is 1. The molecule has 7 heterocycles. The van der Waals surface area contributed by atoms with Gasteiger partial charge in [-0.25, -0.2) is 9.78 Å². The van der Waals surface area contributed by atoms with Gasteiger partial charge in [-0.3, -0.25) is 19.4 Å². The number of hydrogen-bond acceptors (Lipinski definition) is 14. The molecule has 0 spiro atoms. The van der Waals surface area contributed by atoms with E-state index in [0.717, 1.165) is 11.1 Å². The number of carbonyl (C=O) groups excluding carboxylic acids is 3. The summed E-state index contributed by atoms with van der Waals surface area (Å²) in [5.41, 5.74) is 4.21. The van der Waals surface area contributed by atoms with Crippen molar-refractivity contribution in [3.63, 3.8) is 0 Å². The molecule has 2 saturated heterocycles. The van der Waals surface area contributed by atoms with E-state index in [9.17, 15) is 24.8 Å². The highest BCUT2D eigenvalue weighted by Crippen LogP contribution is 2.64. The number of aromatic nitrogens is 1. The number of rotatable bonds is 4. The molecule has 1 amide bonds. The number of methoxy groups -OCH3 is 1. The second-order valence-electron chi connectivity index (χ2n) is 13.7. The van der Waals surface area contributed by atoms with Gasteiger partial charge in [0.2, 0.25) is 6.79 Å². The maximum atomic E-state index is 13.9. The molecule has 276 valence electrons. The van der Waals surface area contributed by atoms with Gasteiger partial charge >= 0.3 is 11.9 Å². The molecular formula is C37H36ClN5O9S. The molecule has 1 aromatic heterocycles. The lowest BCUT2D eigenvalue weighted by molar-refractivity contribution is -0.151. The summed E-state index contributed by atoms with van der Waals surface area (Å²) in [7, 11) is 3.46. The largest absolute Gasteiger partial charge is 0.504 e. The first kappa shape index (κ1) is 35.3. The zero-order valence-corrected chi connectivity index (χ0v) is 31.0. The minimum Gasteiger partial charge on any atom is -0.504 e. The number of nitrogens with one attached hydrogen (secondary N) is 1. The monoisotopic (exact) mass is 761 g/mol. The summed E-state index contributed by atoms with van der Waals surface area (Å²) in [5.74, 6) is -0.333. The van der Waals surface area contributed by atoms with Gasteiger partial charge in [-0.15, -0.1) is 11.8 Å². The number of fused-ring (bicyclic) bond motifs is 10. The first-order valence-corrected chi connectivity index (χ1v) is 18.5. The fourth-order valence-electron chi connectivity index (χ4n) is 8.86. The Balaban J connectivity index is 1.36. The van der Waals surface area contributed by atoms with Gasteiger partial charge < -0.3 is 34.1 Å². The van der Waals surface area contributed by atoms with Crippen LogP contribution < -0.4 is 24.3 Å². The van der Waals surface area contributed by atoms with Gasteiger partial charge in [0.15, 0.2) is 23.0 Å². The molecule has 9 rings (SSSR count). The number of aryl methyl sites for hydroxylation is 1. The molecular weight excluding hydrogens is 726 g/mol. The third-order valence-corrected chi connectivity index (χ3v) is 12.7. The van der Waals surface area contributed by atoms with Gasteiger partial charge in [0.25, 0.3) is 5.91 Å². The molecule has 6 aliphatic heterocycles. The van der Waals surface area contributed by atoms with Crippen molar-refractivity contribution in [3.8, 4) is 34.8 Å². The van der Waals surface area contributed by atoms with Gasteiger partial charge in [-0.05, 0) is 50.6 Å². The normalized spacial score (nSPS) is 27.0. The Morgan fingerprint density at radius 1 is 1.17 bits per heavy atom. The molecule has 14 nitrogen and oxygen atoms in total. The lowest BCUT2D eigenvalue weighted by atomic mass is 9.71. The molecule has 16 heteroatoms. The van der Waals surface area contributed by atoms with Crippen LogP contribution in [-0.2, 0) is 20.7 Å². The minimum absolute atomic E-state index is 0.0124. The van der Waals surface area contributed by atoms with E-state index in [1.807, 2.05) is 20.0 Å². The smallest absolute Gasteiger partial charge is 0.329 e. The van der Waals surface area contributed by atoms with Gasteiger partial charge in [-0.2, -0.15) is 5.26 Å². The topological polar surface area (TPSA) is 173 Å². The van der Waals surface area contributed by atoms with Crippen LogP contribution in [0, 0.1) is 25.2 Å². The Labute approximate surface area is 314 Å². The number of piperazine rings is 1. The highest BCUT2D eigenvalue weighted by Gasteiger charge is 2.60. The number of likely N-dealkylation sites (N-methyl/N-ethyl adjacent to an activating group) is 1. The summed E-state index contributed by atoms with van der Waals surface area (Å²) in [6.07, 6.45) is 1.92. The fourth-order valence-corrected chi connectivity index (χ4v) is 10.6. The summed E-state index contributed by atoms with van der Waals surface area (Å²) >= 11 is 7.58. The standard InChI is InChI=1S/C37H36ClN5O9S/c1-15-9-18-10-21-22(11-39)43-23-12-49-37(47)20(41-36(46)19-7-6-8-40-35(19)38)13-53-34(28(43)27(42(21)4)24(18)29(45)30(15)48-5)26-25(23)33-32(50-14-51-33)16(2)31(26)52-17(3)44/h6-9,20-23,27-28,34,45H,10,12-14H2,1-5H3,(H,41,46)/t20?,21-,22+,23-,27-,28?,34-/m1/s1. The number of nitrogens with zero attached hydrogens (tertiary/aromatic N) is 4. The molecule has 2 N–H and O–H groups in total. The van der Waals surface area contributed by atoms with Crippen LogP contribution in [0.3, 0.4) is 0 Å². The van der Waals surface area contributed by atoms with Crippen LogP contribution in [0.4, 0.5) is 0 Å². The van der Waals surface area contributed by atoms with Crippen molar-refractivity contribution in [2.24, 2.45) is 0 Å². The van der Waals surface area contributed by atoms with Crippen LogP contribution in [0.2, 0.25) is 5.15 Å². The summed E-state index contributed by atoms with van der Waals surface area (Å²) < 4.78 is 29.9. The highest BCUT2D eigenvalue weighted by molar-refractivity contribution is 7.99. The van der Waals surface area contributed by atoms with Crippen LogP contribution in [0.15, 0.2) is 24.4 Å². The summed E-state index contributed by atoms with van der Waals surface area (Å²) in [6.45, 7) is 4.66. The van der Waals surface area contributed by atoms with Crippen molar-refractivity contribution >= 4 is 41.2 Å². The van der Waals surface area contributed by atoms with Crippen LogP contribution in [0.25, 0.3) is 0 Å². The number of halogens is 1. The van der Waals surface area contributed by atoms with Crippen molar-refractivity contribution < 1.29 is 43.2 Å². The number of phenolic OH excluding ortho intramolecular Hbond substituents is 1. The molecule has 2 aromatic carbocycles. The third kappa shape index (κ3) is 5.37. The average Bonchev–Trinajstić information content (AvgIpc) is 3.61. The van der Waals surface area contributed by atoms with Crippen molar-refractivity contribution in [3.05, 3.63) is 68.5 Å². The van der Waals surface area contributed by atoms with Crippen LogP contribution in [0.5, 0.6) is 28.7 Å². The summed E-state index contributed by atoms with van der Waals surface area (Å²) in [5, 5.41) is 25.1. The van der Waals surface area contributed by atoms with E-state index in [1.165, 1.54) is 38.1 Å². The summed E-state index contributed by atoms with van der Waals surface area (Å²) in [6, 6.07) is 3.65.